The molecule has 0 atom stereocenters. The molecule has 0 bridgehead atoms. The number of ether oxygens (including phenoxy) is 1. The number of nitrogens with two attached hydrogens (primary N) is 1. The molecule has 0 amide bonds. The summed E-state index contributed by atoms with van der Waals surface area (Å²) in [4.78, 5) is 0. The van der Waals surface area contributed by atoms with Crippen molar-refractivity contribution in [3.8, 4) is 5.75 Å². The Kier molecular flexibility index (Phi) is 3.21. The van der Waals surface area contributed by atoms with Gasteiger partial charge in [0.25, 0.3) is 0 Å². The second kappa shape index (κ2) is 4.62. The molecule has 15 heavy (non-hydrogen) atoms. The highest BCUT2D eigenvalue weighted by Gasteiger charge is 2.17. The highest BCUT2D eigenvalue weighted by atomic mass is 19.1. The summed E-state index contributed by atoms with van der Waals surface area (Å²) in [6.45, 7) is 1.29. The summed E-state index contributed by atoms with van der Waals surface area (Å²) in [5, 5.41) is 0. The van der Waals surface area contributed by atoms with Crippen molar-refractivity contribution >= 4 is 0 Å². The first-order chi connectivity index (χ1) is 7.33. The van der Waals surface area contributed by atoms with E-state index in [4.69, 9.17) is 10.5 Å². The summed E-state index contributed by atoms with van der Waals surface area (Å²) < 4.78 is 19.1. The van der Waals surface area contributed by atoms with Gasteiger partial charge in [-0.25, -0.2) is 4.39 Å². The molecule has 0 unspecified atom stereocenters. The van der Waals surface area contributed by atoms with E-state index in [1.807, 2.05) is 6.07 Å². The molecule has 2 nitrogen and oxygen atoms in total. The molecule has 0 saturated heterocycles. The zero-order valence-electron chi connectivity index (χ0n) is 8.76. The first-order valence-electron chi connectivity index (χ1n) is 5.46. The molecule has 1 aromatic carbocycles. The van der Waals surface area contributed by atoms with Crippen LogP contribution >= 0.6 is 0 Å². The van der Waals surface area contributed by atoms with E-state index in [0.29, 0.717) is 25.1 Å². The van der Waals surface area contributed by atoms with Crippen LogP contribution in [-0.4, -0.2) is 13.2 Å². The standard InChI is InChI=1S/C12H16FNO/c13-11-6-5-9-3-2-8-15-12(9)10(11)4-1-7-14/h5-6H,1-4,7-8,14H2. The summed E-state index contributed by atoms with van der Waals surface area (Å²) in [7, 11) is 0. The Labute approximate surface area is 89.2 Å². The number of fused-ring (bicyclic) bond motifs is 1. The van der Waals surface area contributed by atoms with Gasteiger partial charge in [0.05, 0.1) is 6.61 Å². The van der Waals surface area contributed by atoms with Crippen LogP contribution in [0.5, 0.6) is 5.75 Å². The quantitative estimate of drug-likeness (QED) is 0.826. The largest absolute Gasteiger partial charge is 0.493 e. The Bertz CT molecular complexity index is 352. The van der Waals surface area contributed by atoms with Crippen LogP contribution < -0.4 is 10.5 Å². The molecule has 0 spiro atoms. The second-order valence-electron chi connectivity index (χ2n) is 3.86. The Morgan fingerprint density at radius 1 is 1.40 bits per heavy atom. The summed E-state index contributed by atoms with van der Waals surface area (Å²) in [6.07, 6.45) is 3.49. The van der Waals surface area contributed by atoms with E-state index in [9.17, 15) is 4.39 Å². The fourth-order valence-corrected chi connectivity index (χ4v) is 1.98. The van der Waals surface area contributed by atoms with Crippen LogP contribution in [0.25, 0.3) is 0 Å². The van der Waals surface area contributed by atoms with Gasteiger partial charge in [0.1, 0.15) is 11.6 Å². The van der Waals surface area contributed by atoms with Crippen LogP contribution in [0.15, 0.2) is 12.1 Å². The maximum absolute atomic E-state index is 13.6. The van der Waals surface area contributed by atoms with E-state index >= 15 is 0 Å². The minimum absolute atomic E-state index is 0.163. The summed E-state index contributed by atoms with van der Waals surface area (Å²) in [5.41, 5.74) is 7.28. The van der Waals surface area contributed by atoms with Crippen LogP contribution in [0.2, 0.25) is 0 Å². The lowest BCUT2D eigenvalue weighted by Crippen LogP contribution is -2.12. The predicted molar refractivity (Wildman–Crippen MR) is 57.6 cm³/mol. The zero-order chi connectivity index (χ0) is 10.7. The fraction of sp³-hybridized carbons (Fsp3) is 0.500. The molecule has 1 heterocycles. The van der Waals surface area contributed by atoms with E-state index in [0.717, 1.165) is 30.6 Å². The molecule has 0 saturated carbocycles. The monoisotopic (exact) mass is 209 g/mol. The Morgan fingerprint density at radius 2 is 2.27 bits per heavy atom. The van der Waals surface area contributed by atoms with Crippen LogP contribution in [0, 0.1) is 5.82 Å². The number of hydrogen-bond donors (Lipinski definition) is 1. The lowest BCUT2D eigenvalue weighted by atomic mass is 9.99. The molecule has 2 N–H and O–H groups in total. The molecule has 2 rings (SSSR count). The van der Waals surface area contributed by atoms with Crippen molar-refractivity contribution in [3.63, 3.8) is 0 Å². The smallest absolute Gasteiger partial charge is 0.130 e. The van der Waals surface area contributed by atoms with E-state index in [2.05, 4.69) is 0 Å². The maximum Gasteiger partial charge on any atom is 0.130 e. The minimum atomic E-state index is -0.163. The molecular weight excluding hydrogens is 193 g/mol. The van der Waals surface area contributed by atoms with Crippen molar-refractivity contribution in [1.82, 2.24) is 0 Å². The van der Waals surface area contributed by atoms with E-state index in [1.54, 1.807) is 6.07 Å². The summed E-state index contributed by atoms with van der Waals surface area (Å²) in [5.74, 6) is 0.610. The lowest BCUT2D eigenvalue weighted by Gasteiger charge is -2.20. The third-order valence-corrected chi connectivity index (χ3v) is 2.75. The average Bonchev–Trinajstić information content (AvgIpc) is 2.28. The summed E-state index contributed by atoms with van der Waals surface area (Å²) in [6, 6.07) is 3.37. The van der Waals surface area contributed by atoms with Gasteiger partial charge >= 0.3 is 0 Å². The van der Waals surface area contributed by atoms with Crippen LogP contribution in [0.3, 0.4) is 0 Å². The predicted octanol–water partition coefficient (Wildman–Crippen LogP) is 2.04. The van der Waals surface area contributed by atoms with E-state index in [-0.39, 0.29) is 5.82 Å². The van der Waals surface area contributed by atoms with Crippen LogP contribution in [-0.2, 0) is 12.8 Å². The Balaban J connectivity index is 2.32. The minimum Gasteiger partial charge on any atom is -0.493 e. The first-order valence-corrected chi connectivity index (χ1v) is 5.46. The molecule has 0 fully saturated rings. The topological polar surface area (TPSA) is 35.2 Å². The van der Waals surface area contributed by atoms with Gasteiger partial charge in [0, 0.05) is 5.56 Å². The zero-order valence-corrected chi connectivity index (χ0v) is 8.76. The number of hydrogen-bond acceptors (Lipinski definition) is 2. The van der Waals surface area contributed by atoms with Crippen molar-refractivity contribution in [2.75, 3.05) is 13.2 Å². The van der Waals surface area contributed by atoms with Gasteiger partial charge in [-0.3, -0.25) is 0 Å². The molecule has 1 aliphatic heterocycles. The molecule has 0 aromatic heterocycles. The highest BCUT2D eigenvalue weighted by Crippen LogP contribution is 2.31. The lowest BCUT2D eigenvalue weighted by molar-refractivity contribution is 0.282. The third-order valence-electron chi connectivity index (χ3n) is 2.75. The van der Waals surface area contributed by atoms with Gasteiger partial charge in [-0.2, -0.15) is 0 Å². The fourth-order valence-electron chi connectivity index (χ4n) is 1.98. The van der Waals surface area contributed by atoms with Crippen molar-refractivity contribution in [2.24, 2.45) is 5.73 Å². The average molecular weight is 209 g/mol. The molecule has 0 aliphatic carbocycles. The van der Waals surface area contributed by atoms with Gasteiger partial charge in [0.2, 0.25) is 0 Å². The van der Waals surface area contributed by atoms with Crippen molar-refractivity contribution < 1.29 is 9.13 Å². The highest BCUT2D eigenvalue weighted by molar-refractivity contribution is 5.43. The molecular formula is C12H16FNO. The van der Waals surface area contributed by atoms with Crippen molar-refractivity contribution in [3.05, 3.63) is 29.1 Å². The number of rotatable bonds is 3. The molecule has 0 radical (unpaired) electrons. The Morgan fingerprint density at radius 3 is 3.07 bits per heavy atom. The van der Waals surface area contributed by atoms with Crippen molar-refractivity contribution in [2.45, 2.75) is 25.7 Å². The van der Waals surface area contributed by atoms with Crippen molar-refractivity contribution in [1.29, 1.82) is 0 Å². The first kappa shape index (κ1) is 10.4. The van der Waals surface area contributed by atoms with Gasteiger partial charge in [-0.1, -0.05) is 6.07 Å². The molecule has 1 aliphatic rings. The third kappa shape index (κ3) is 2.12. The van der Waals surface area contributed by atoms with Crippen LogP contribution in [0.4, 0.5) is 4.39 Å². The molecule has 1 aromatic rings. The molecule has 82 valence electrons. The molecule has 3 heteroatoms. The SMILES string of the molecule is NCCCc1c(F)ccc2c1OCCC2. The number of aryl methyl sites for hydroxylation is 1. The van der Waals surface area contributed by atoms with Gasteiger partial charge in [0.15, 0.2) is 0 Å². The van der Waals surface area contributed by atoms with Crippen LogP contribution in [0.1, 0.15) is 24.0 Å². The number of benzene rings is 1. The summed E-state index contributed by atoms with van der Waals surface area (Å²) >= 11 is 0. The van der Waals surface area contributed by atoms with E-state index in [1.165, 1.54) is 0 Å². The van der Waals surface area contributed by atoms with Gasteiger partial charge < -0.3 is 10.5 Å². The van der Waals surface area contributed by atoms with Gasteiger partial charge in [-0.15, -0.1) is 0 Å². The van der Waals surface area contributed by atoms with E-state index < -0.39 is 0 Å². The second-order valence-corrected chi connectivity index (χ2v) is 3.86. The van der Waals surface area contributed by atoms with Gasteiger partial charge in [-0.05, 0) is 43.9 Å². The maximum atomic E-state index is 13.6. The number of halogens is 1. The normalized spacial score (nSPS) is 14.5. The Hall–Kier alpha value is -1.09.